The van der Waals surface area contributed by atoms with Crippen LogP contribution in [-0.4, -0.2) is 42.0 Å². The summed E-state index contributed by atoms with van der Waals surface area (Å²) in [7, 11) is 0. The third-order valence-electron chi connectivity index (χ3n) is 5.08. The number of anilines is 1. The lowest BCUT2D eigenvalue weighted by Gasteiger charge is -2.10. The third-order valence-corrected chi connectivity index (χ3v) is 5.08. The molecule has 0 atom stereocenters. The van der Waals surface area contributed by atoms with E-state index in [0.717, 1.165) is 11.3 Å². The van der Waals surface area contributed by atoms with Crippen LogP contribution < -0.4 is 15.6 Å². The van der Waals surface area contributed by atoms with Crippen LogP contribution in [0.15, 0.2) is 71.7 Å². The molecule has 3 aromatic heterocycles. The highest BCUT2D eigenvalue weighted by atomic mass is 16.5. The van der Waals surface area contributed by atoms with Gasteiger partial charge < -0.3 is 10.1 Å². The first-order valence-electron chi connectivity index (χ1n) is 10.6. The molecule has 0 spiro atoms. The molecule has 5 aromatic rings. The van der Waals surface area contributed by atoms with Crippen LogP contribution in [0.3, 0.4) is 0 Å². The summed E-state index contributed by atoms with van der Waals surface area (Å²) >= 11 is 0. The second-order valence-electron chi connectivity index (χ2n) is 7.75. The Morgan fingerprint density at radius 2 is 1.88 bits per heavy atom. The van der Waals surface area contributed by atoms with Gasteiger partial charge in [0.25, 0.3) is 11.5 Å². The maximum absolute atomic E-state index is 12.8. The van der Waals surface area contributed by atoms with Crippen molar-refractivity contribution < 1.29 is 9.53 Å². The number of ether oxygens (including phenoxy) is 1. The number of rotatable bonds is 6. The zero-order chi connectivity index (χ0) is 23.7. The Kier molecular flexibility index (Phi) is 5.38. The number of hydrogen-bond acceptors (Lipinski definition) is 6. The fourth-order valence-corrected chi connectivity index (χ4v) is 3.55. The zero-order valence-electron chi connectivity index (χ0n) is 18.5. The van der Waals surface area contributed by atoms with Crippen LogP contribution in [0.25, 0.3) is 22.7 Å². The molecule has 3 heterocycles. The minimum absolute atomic E-state index is 0.152. The first-order chi connectivity index (χ1) is 16.5. The monoisotopic (exact) mass is 455 g/mol. The van der Waals surface area contributed by atoms with Gasteiger partial charge in [0.2, 0.25) is 5.95 Å². The molecule has 10 nitrogen and oxygen atoms in total. The van der Waals surface area contributed by atoms with E-state index < -0.39 is 0 Å². The number of para-hydroxylation sites is 1. The van der Waals surface area contributed by atoms with Gasteiger partial charge in [-0.2, -0.15) is 19.9 Å². The standard InChI is InChI=1S/C24H21N7O3/c1-15-7-6-8-17(11-15)30-22-19(13-25-30)23(33)28-24(27-22)31-20(12-16(2)29-31)26-21(32)14-34-18-9-4-3-5-10-18/h3-13H,14H2,1-2H3,(H,26,32)(H,27,28,33). The number of carbonyl (C=O) groups is 1. The molecular formula is C24H21N7O3. The Morgan fingerprint density at radius 3 is 2.68 bits per heavy atom. The summed E-state index contributed by atoms with van der Waals surface area (Å²) in [6.07, 6.45) is 1.48. The van der Waals surface area contributed by atoms with E-state index in [2.05, 4.69) is 25.5 Å². The van der Waals surface area contributed by atoms with Crippen LogP contribution in [0.4, 0.5) is 5.82 Å². The molecule has 0 fully saturated rings. The number of H-pyrrole nitrogens is 1. The smallest absolute Gasteiger partial charge is 0.263 e. The second kappa shape index (κ2) is 8.66. The van der Waals surface area contributed by atoms with E-state index in [0.29, 0.717) is 28.3 Å². The van der Waals surface area contributed by atoms with Crippen molar-refractivity contribution >= 4 is 22.8 Å². The summed E-state index contributed by atoms with van der Waals surface area (Å²) < 4.78 is 8.49. The van der Waals surface area contributed by atoms with Crippen molar-refractivity contribution in [2.45, 2.75) is 13.8 Å². The molecule has 2 aromatic carbocycles. The fourth-order valence-electron chi connectivity index (χ4n) is 3.55. The molecule has 0 aliphatic heterocycles. The van der Waals surface area contributed by atoms with E-state index in [1.807, 2.05) is 49.4 Å². The Labute approximate surface area is 193 Å². The van der Waals surface area contributed by atoms with Crippen LogP contribution in [-0.2, 0) is 4.79 Å². The maximum Gasteiger partial charge on any atom is 0.263 e. The van der Waals surface area contributed by atoms with E-state index in [4.69, 9.17) is 4.74 Å². The minimum Gasteiger partial charge on any atom is -0.484 e. The SMILES string of the molecule is Cc1cccc(-n2ncc3c(=O)[nH]c(-n4nc(C)cc4NC(=O)COc4ccccc4)nc32)c1. The van der Waals surface area contributed by atoms with Gasteiger partial charge in [-0.3, -0.25) is 14.6 Å². The van der Waals surface area contributed by atoms with Crippen molar-refractivity contribution in [1.82, 2.24) is 29.5 Å². The molecule has 0 bridgehead atoms. The van der Waals surface area contributed by atoms with Gasteiger partial charge in [-0.1, -0.05) is 30.3 Å². The van der Waals surface area contributed by atoms with E-state index in [1.165, 1.54) is 10.9 Å². The molecule has 0 unspecified atom stereocenters. The summed E-state index contributed by atoms with van der Waals surface area (Å²) in [6.45, 7) is 3.57. The number of carbonyl (C=O) groups excluding carboxylic acids is 1. The number of fused-ring (bicyclic) bond motifs is 1. The topological polar surface area (TPSA) is 120 Å². The summed E-state index contributed by atoms with van der Waals surface area (Å²) in [5.41, 5.74) is 2.48. The number of benzene rings is 2. The van der Waals surface area contributed by atoms with Crippen LogP contribution in [0.2, 0.25) is 0 Å². The van der Waals surface area contributed by atoms with Gasteiger partial charge in [0.15, 0.2) is 12.3 Å². The van der Waals surface area contributed by atoms with E-state index >= 15 is 0 Å². The molecule has 0 radical (unpaired) electrons. The molecule has 0 aliphatic carbocycles. The highest BCUT2D eigenvalue weighted by molar-refractivity contribution is 5.91. The van der Waals surface area contributed by atoms with E-state index in [-0.39, 0.29) is 24.0 Å². The van der Waals surface area contributed by atoms with Crippen molar-refractivity contribution in [3.05, 3.63) is 88.5 Å². The number of hydrogen-bond donors (Lipinski definition) is 2. The Morgan fingerprint density at radius 1 is 1.06 bits per heavy atom. The van der Waals surface area contributed by atoms with Crippen LogP contribution in [0, 0.1) is 13.8 Å². The molecule has 0 saturated heterocycles. The van der Waals surface area contributed by atoms with Crippen molar-refractivity contribution in [2.24, 2.45) is 0 Å². The first-order valence-corrected chi connectivity index (χ1v) is 10.6. The number of amides is 1. The van der Waals surface area contributed by atoms with Crippen molar-refractivity contribution in [1.29, 1.82) is 0 Å². The number of nitrogens with zero attached hydrogens (tertiary/aromatic N) is 5. The van der Waals surface area contributed by atoms with Crippen LogP contribution in [0.5, 0.6) is 5.75 Å². The largest absolute Gasteiger partial charge is 0.484 e. The summed E-state index contributed by atoms with van der Waals surface area (Å²) in [5, 5.41) is 11.9. The molecule has 34 heavy (non-hydrogen) atoms. The second-order valence-corrected chi connectivity index (χ2v) is 7.75. The molecule has 0 aliphatic rings. The summed E-state index contributed by atoms with van der Waals surface area (Å²) in [6, 6.07) is 18.5. The molecule has 0 saturated carbocycles. The third kappa shape index (κ3) is 4.16. The summed E-state index contributed by atoms with van der Waals surface area (Å²) in [4.78, 5) is 32.6. The average Bonchev–Trinajstić information content (AvgIpc) is 3.42. The first kappa shape index (κ1) is 21.1. The highest BCUT2D eigenvalue weighted by Crippen LogP contribution is 2.18. The molecule has 170 valence electrons. The molecule has 1 amide bonds. The fraction of sp³-hybridized carbons (Fsp3) is 0.125. The van der Waals surface area contributed by atoms with Gasteiger partial charge in [0, 0.05) is 6.07 Å². The molecule has 5 rings (SSSR count). The van der Waals surface area contributed by atoms with Crippen molar-refractivity contribution in [2.75, 3.05) is 11.9 Å². The average molecular weight is 455 g/mol. The molecule has 2 N–H and O–H groups in total. The predicted molar refractivity (Wildman–Crippen MR) is 127 cm³/mol. The maximum atomic E-state index is 12.8. The Bertz CT molecular complexity index is 1550. The van der Waals surface area contributed by atoms with Crippen molar-refractivity contribution in [3.63, 3.8) is 0 Å². The number of nitrogens with one attached hydrogen (secondary N) is 2. The quantitative estimate of drug-likeness (QED) is 0.406. The highest BCUT2D eigenvalue weighted by Gasteiger charge is 2.17. The van der Waals surface area contributed by atoms with E-state index in [9.17, 15) is 9.59 Å². The Hall–Kier alpha value is -4.73. The lowest BCUT2D eigenvalue weighted by molar-refractivity contribution is -0.118. The number of aromatic amines is 1. The Balaban J connectivity index is 1.48. The van der Waals surface area contributed by atoms with Gasteiger partial charge in [0.1, 0.15) is 17.0 Å². The normalized spacial score (nSPS) is 11.0. The number of aromatic nitrogens is 6. The summed E-state index contributed by atoms with van der Waals surface area (Å²) in [5.74, 6) is 0.712. The van der Waals surface area contributed by atoms with Gasteiger partial charge >= 0.3 is 0 Å². The minimum atomic E-state index is -0.377. The van der Waals surface area contributed by atoms with Gasteiger partial charge in [-0.05, 0) is 43.7 Å². The van der Waals surface area contributed by atoms with Crippen molar-refractivity contribution in [3.8, 4) is 17.4 Å². The predicted octanol–water partition coefficient (Wildman–Crippen LogP) is 2.93. The van der Waals surface area contributed by atoms with Gasteiger partial charge in [0.05, 0.1) is 17.6 Å². The van der Waals surface area contributed by atoms with Crippen LogP contribution in [0.1, 0.15) is 11.3 Å². The molecular weight excluding hydrogens is 434 g/mol. The van der Waals surface area contributed by atoms with Gasteiger partial charge in [-0.25, -0.2) is 4.68 Å². The van der Waals surface area contributed by atoms with E-state index in [1.54, 1.807) is 29.8 Å². The lowest BCUT2D eigenvalue weighted by atomic mass is 10.2. The zero-order valence-corrected chi connectivity index (χ0v) is 18.5. The number of aryl methyl sites for hydroxylation is 2. The van der Waals surface area contributed by atoms with Crippen LogP contribution >= 0.6 is 0 Å². The molecule has 10 heteroatoms. The lowest BCUT2D eigenvalue weighted by Crippen LogP contribution is -2.23. The van der Waals surface area contributed by atoms with Gasteiger partial charge in [-0.15, -0.1) is 0 Å².